The molecular formula is C19H26N2. The Labute approximate surface area is 128 Å². The van der Waals surface area contributed by atoms with E-state index < -0.39 is 0 Å². The summed E-state index contributed by atoms with van der Waals surface area (Å²) in [5.41, 5.74) is 11.2. The molecule has 0 aliphatic heterocycles. The van der Waals surface area contributed by atoms with E-state index in [0.29, 0.717) is 6.54 Å². The van der Waals surface area contributed by atoms with E-state index in [0.717, 1.165) is 12.8 Å². The predicted molar refractivity (Wildman–Crippen MR) is 91.8 cm³/mol. The molecule has 0 saturated carbocycles. The van der Waals surface area contributed by atoms with Gasteiger partial charge >= 0.3 is 0 Å². The van der Waals surface area contributed by atoms with Gasteiger partial charge in [0.1, 0.15) is 0 Å². The highest BCUT2D eigenvalue weighted by molar-refractivity contribution is 5.49. The molecular weight excluding hydrogens is 256 g/mol. The third kappa shape index (κ3) is 3.64. The van der Waals surface area contributed by atoms with Crippen molar-refractivity contribution in [1.82, 2.24) is 0 Å². The van der Waals surface area contributed by atoms with E-state index in [1.165, 1.54) is 22.4 Å². The summed E-state index contributed by atoms with van der Waals surface area (Å²) in [6.45, 7) is 4.96. The van der Waals surface area contributed by atoms with Gasteiger partial charge in [0.25, 0.3) is 0 Å². The lowest BCUT2D eigenvalue weighted by atomic mass is 10.0. The normalized spacial score (nSPS) is 12.2. The average Bonchev–Trinajstić information content (AvgIpc) is 2.56. The van der Waals surface area contributed by atoms with Gasteiger partial charge in [-0.15, -0.1) is 0 Å². The molecule has 0 amide bonds. The minimum absolute atomic E-state index is 0.211. The molecule has 2 rings (SSSR count). The predicted octanol–water partition coefficient (Wildman–Crippen LogP) is 3.95. The molecule has 0 aliphatic carbocycles. The van der Waals surface area contributed by atoms with Crippen molar-refractivity contribution in [2.75, 3.05) is 18.5 Å². The number of anilines is 1. The largest absolute Gasteiger partial charge is 0.366 e. The van der Waals surface area contributed by atoms with Crippen molar-refractivity contribution in [3.8, 4) is 0 Å². The first-order valence-corrected chi connectivity index (χ1v) is 7.80. The van der Waals surface area contributed by atoms with Crippen LogP contribution in [0.1, 0.15) is 36.6 Å². The Bertz CT molecular complexity index is 543. The van der Waals surface area contributed by atoms with Crippen molar-refractivity contribution in [1.29, 1.82) is 0 Å². The number of nitrogens with zero attached hydrogens (tertiary/aromatic N) is 1. The van der Waals surface area contributed by atoms with Gasteiger partial charge in [0.15, 0.2) is 0 Å². The summed E-state index contributed by atoms with van der Waals surface area (Å²) in [7, 11) is 2.12. The van der Waals surface area contributed by atoms with Crippen molar-refractivity contribution < 1.29 is 0 Å². The molecule has 0 bridgehead atoms. The van der Waals surface area contributed by atoms with Crippen molar-refractivity contribution in [2.45, 2.75) is 32.7 Å². The Kier molecular flexibility index (Phi) is 5.40. The molecule has 112 valence electrons. The van der Waals surface area contributed by atoms with E-state index in [1.54, 1.807) is 0 Å². The Balaban J connectivity index is 2.21. The van der Waals surface area contributed by atoms with Crippen LogP contribution in [0.15, 0.2) is 48.5 Å². The van der Waals surface area contributed by atoms with Gasteiger partial charge in [0, 0.05) is 19.3 Å². The Morgan fingerprint density at radius 2 is 1.33 bits per heavy atom. The zero-order valence-corrected chi connectivity index (χ0v) is 13.3. The van der Waals surface area contributed by atoms with Gasteiger partial charge in [-0.3, -0.25) is 0 Å². The molecule has 1 atom stereocenters. The third-order valence-electron chi connectivity index (χ3n) is 4.22. The van der Waals surface area contributed by atoms with E-state index >= 15 is 0 Å². The summed E-state index contributed by atoms with van der Waals surface area (Å²) in [4.78, 5) is 2.26. The lowest BCUT2D eigenvalue weighted by Crippen LogP contribution is -2.30. The molecule has 2 nitrogen and oxygen atoms in total. The fourth-order valence-electron chi connectivity index (χ4n) is 2.64. The van der Waals surface area contributed by atoms with Crippen LogP contribution >= 0.6 is 0 Å². The lowest BCUT2D eigenvalue weighted by Gasteiger charge is -2.30. The van der Waals surface area contributed by atoms with Crippen LogP contribution in [-0.4, -0.2) is 13.6 Å². The van der Waals surface area contributed by atoms with E-state index in [-0.39, 0.29) is 6.04 Å². The fraction of sp³-hybridized carbons (Fsp3) is 0.368. The molecule has 2 N–H and O–H groups in total. The summed E-state index contributed by atoms with van der Waals surface area (Å²) in [6, 6.07) is 17.8. The summed E-state index contributed by atoms with van der Waals surface area (Å²) in [6.07, 6.45) is 2.14. The first-order valence-electron chi connectivity index (χ1n) is 7.80. The van der Waals surface area contributed by atoms with E-state index in [1.807, 2.05) is 0 Å². The summed E-state index contributed by atoms with van der Waals surface area (Å²) >= 11 is 0. The van der Waals surface area contributed by atoms with Crippen LogP contribution in [0.2, 0.25) is 0 Å². The summed E-state index contributed by atoms with van der Waals surface area (Å²) in [5.74, 6) is 0. The third-order valence-corrected chi connectivity index (χ3v) is 4.22. The Morgan fingerprint density at radius 3 is 1.76 bits per heavy atom. The molecule has 0 aliphatic rings. The standard InChI is InChI=1S/C19H26N2/c1-4-15-6-10-17(11-7-15)19(14-20)21(3)18-12-8-16(5-2)9-13-18/h6-13,19H,4-5,14,20H2,1-3H3. The van der Waals surface area contributed by atoms with Crippen molar-refractivity contribution in [3.63, 3.8) is 0 Å². The first kappa shape index (κ1) is 15.6. The number of hydrogen-bond acceptors (Lipinski definition) is 2. The highest BCUT2D eigenvalue weighted by Crippen LogP contribution is 2.25. The van der Waals surface area contributed by atoms with Gasteiger partial charge < -0.3 is 10.6 Å². The molecule has 0 aromatic heterocycles. The Morgan fingerprint density at radius 1 is 0.857 bits per heavy atom. The molecule has 2 aromatic carbocycles. The monoisotopic (exact) mass is 282 g/mol. The van der Waals surface area contributed by atoms with Crippen molar-refractivity contribution in [2.24, 2.45) is 5.73 Å². The first-order chi connectivity index (χ1) is 10.2. The number of hydrogen-bond donors (Lipinski definition) is 1. The molecule has 0 saturated heterocycles. The van der Waals surface area contributed by atoms with Gasteiger partial charge in [-0.2, -0.15) is 0 Å². The van der Waals surface area contributed by atoms with Gasteiger partial charge in [-0.1, -0.05) is 50.2 Å². The van der Waals surface area contributed by atoms with Gasteiger partial charge in [-0.25, -0.2) is 0 Å². The zero-order chi connectivity index (χ0) is 15.2. The second kappa shape index (κ2) is 7.28. The van der Waals surface area contributed by atoms with Gasteiger partial charge in [0.2, 0.25) is 0 Å². The minimum atomic E-state index is 0.211. The average molecular weight is 282 g/mol. The molecule has 0 heterocycles. The molecule has 0 spiro atoms. The van der Waals surface area contributed by atoms with Crippen LogP contribution in [0.5, 0.6) is 0 Å². The van der Waals surface area contributed by atoms with Crippen LogP contribution in [0.3, 0.4) is 0 Å². The number of likely N-dealkylation sites (N-methyl/N-ethyl adjacent to an activating group) is 1. The van der Waals surface area contributed by atoms with Crippen LogP contribution in [-0.2, 0) is 12.8 Å². The zero-order valence-electron chi connectivity index (χ0n) is 13.3. The summed E-state index contributed by atoms with van der Waals surface area (Å²) < 4.78 is 0. The summed E-state index contributed by atoms with van der Waals surface area (Å²) in [5, 5.41) is 0. The number of rotatable bonds is 6. The SMILES string of the molecule is CCc1ccc(C(CN)N(C)c2ccc(CC)cc2)cc1. The topological polar surface area (TPSA) is 29.3 Å². The van der Waals surface area contributed by atoms with Gasteiger partial charge in [-0.05, 0) is 41.7 Å². The second-order valence-electron chi connectivity index (χ2n) is 5.48. The second-order valence-corrected chi connectivity index (χ2v) is 5.48. The van der Waals surface area contributed by atoms with Crippen molar-refractivity contribution >= 4 is 5.69 Å². The van der Waals surface area contributed by atoms with E-state index in [2.05, 4.69) is 74.3 Å². The maximum absolute atomic E-state index is 6.03. The van der Waals surface area contributed by atoms with E-state index in [9.17, 15) is 0 Å². The number of aryl methyl sites for hydroxylation is 2. The van der Waals surface area contributed by atoms with Crippen molar-refractivity contribution in [3.05, 3.63) is 65.2 Å². The molecule has 21 heavy (non-hydrogen) atoms. The molecule has 0 radical (unpaired) electrons. The highest BCUT2D eigenvalue weighted by Gasteiger charge is 2.15. The van der Waals surface area contributed by atoms with Crippen LogP contribution < -0.4 is 10.6 Å². The van der Waals surface area contributed by atoms with E-state index in [4.69, 9.17) is 5.73 Å². The molecule has 2 heteroatoms. The maximum Gasteiger partial charge on any atom is 0.0661 e. The van der Waals surface area contributed by atoms with Gasteiger partial charge in [0.05, 0.1) is 6.04 Å². The lowest BCUT2D eigenvalue weighted by molar-refractivity contribution is 0.680. The van der Waals surface area contributed by atoms with Crippen LogP contribution in [0.25, 0.3) is 0 Å². The molecule has 0 fully saturated rings. The Hall–Kier alpha value is -1.80. The molecule has 2 aromatic rings. The minimum Gasteiger partial charge on any atom is -0.366 e. The van der Waals surface area contributed by atoms with Crippen LogP contribution in [0, 0.1) is 0 Å². The number of benzene rings is 2. The maximum atomic E-state index is 6.03. The highest BCUT2D eigenvalue weighted by atomic mass is 15.1. The number of nitrogens with two attached hydrogens (primary N) is 1. The molecule has 1 unspecified atom stereocenters. The quantitative estimate of drug-likeness (QED) is 0.869. The van der Waals surface area contributed by atoms with Crippen LogP contribution in [0.4, 0.5) is 5.69 Å². The smallest absolute Gasteiger partial charge is 0.0661 e. The fourth-order valence-corrected chi connectivity index (χ4v) is 2.64.